The van der Waals surface area contributed by atoms with Crippen molar-refractivity contribution in [3.05, 3.63) is 24.3 Å². The second-order valence-electron chi connectivity index (χ2n) is 2.74. The minimum Gasteiger partial charge on any atom is -0.417 e. The predicted molar refractivity (Wildman–Crippen MR) is 55.2 cm³/mol. The number of rotatable bonds is 2. The quantitative estimate of drug-likeness (QED) is 0.340. The molecule has 0 unspecified atom stereocenters. The number of hydrogen-bond donors (Lipinski definition) is 1. The van der Waals surface area contributed by atoms with E-state index in [0.29, 0.717) is 11.4 Å². The second-order valence-corrected chi connectivity index (χ2v) is 2.74. The first-order chi connectivity index (χ1) is 7.11. The molecule has 0 bridgehead atoms. The molecule has 15 heavy (non-hydrogen) atoms. The van der Waals surface area contributed by atoms with E-state index in [1.54, 1.807) is 24.3 Å². The number of esters is 1. The van der Waals surface area contributed by atoms with Crippen LogP contribution in [0.2, 0.25) is 0 Å². The van der Waals surface area contributed by atoms with E-state index in [2.05, 4.69) is 5.32 Å². The first-order valence-electron chi connectivity index (χ1n) is 4.18. The van der Waals surface area contributed by atoms with Crippen LogP contribution in [0.3, 0.4) is 0 Å². The third-order valence-electron chi connectivity index (χ3n) is 1.50. The Morgan fingerprint density at radius 2 is 1.93 bits per heavy atom. The molecule has 0 aliphatic heterocycles. The van der Waals surface area contributed by atoms with Crippen molar-refractivity contribution in [2.45, 2.75) is 6.92 Å². The fourth-order valence-corrected chi connectivity index (χ4v) is 0.946. The lowest BCUT2D eigenvalue weighted by Crippen LogP contribution is -2.06. The second kappa shape index (κ2) is 4.82. The molecule has 1 amide bonds. The van der Waals surface area contributed by atoms with Crippen LogP contribution in [-0.2, 0) is 9.59 Å². The maximum Gasteiger partial charge on any atom is 0.389 e. The summed E-state index contributed by atoms with van der Waals surface area (Å²) in [4.78, 5) is 21.4. The number of terminal acetylenes is 1. The van der Waals surface area contributed by atoms with Crippen molar-refractivity contribution in [3.8, 4) is 18.1 Å². The summed E-state index contributed by atoms with van der Waals surface area (Å²) in [5, 5.41) is 2.58. The van der Waals surface area contributed by atoms with Gasteiger partial charge in [-0.25, -0.2) is 4.79 Å². The summed E-state index contributed by atoms with van der Waals surface area (Å²) >= 11 is 0. The van der Waals surface area contributed by atoms with Crippen molar-refractivity contribution < 1.29 is 14.3 Å². The summed E-state index contributed by atoms with van der Waals surface area (Å²) in [5.41, 5.74) is 0.628. The molecule has 0 spiro atoms. The zero-order valence-electron chi connectivity index (χ0n) is 8.11. The molecule has 76 valence electrons. The average molecular weight is 203 g/mol. The molecule has 0 aliphatic carbocycles. The van der Waals surface area contributed by atoms with Crippen molar-refractivity contribution >= 4 is 17.6 Å². The van der Waals surface area contributed by atoms with Crippen molar-refractivity contribution in [1.29, 1.82) is 0 Å². The molecule has 0 aromatic heterocycles. The van der Waals surface area contributed by atoms with Crippen LogP contribution in [0.5, 0.6) is 5.75 Å². The zero-order valence-corrected chi connectivity index (χ0v) is 8.11. The Morgan fingerprint density at radius 1 is 1.33 bits per heavy atom. The van der Waals surface area contributed by atoms with Crippen LogP contribution in [0.1, 0.15) is 6.92 Å². The standard InChI is InChI=1S/C11H9NO3/c1-3-11(14)15-10-6-4-9(5-7-10)12-8(2)13/h1,4-7H,2H3,(H,12,13). The summed E-state index contributed by atoms with van der Waals surface area (Å²) < 4.78 is 4.74. The van der Waals surface area contributed by atoms with Gasteiger partial charge in [0.1, 0.15) is 5.75 Å². The van der Waals surface area contributed by atoms with E-state index < -0.39 is 5.97 Å². The number of amides is 1. The average Bonchev–Trinajstić information content (AvgIpc) is 2.20. The highest BCUT2D eigenvalue weighted by atomic mass is 16.5. The van der Waals surface area contributed by atoms with Gasteiger partial charge in [-0.1, -0.05) is 0 Å². The Hall–Kier alpha value is -2.28. The Kier molecular flexibility index (Phi) is 3.47. The SMILES string of the molecule is C#CC(=O)Oc1ccc(NC(C)=O)cc1. The minimum absolute atomic E-state index is 0.164. The third-order valence-corrected chi connectivity index (χ3v) is 1.50. The number of hydrogen-bond acceptors (Lipinski definition) is 3. The lowest BCUT2D eigenvalue weighted by Gasteiger charge is -2.03. The van der Waals surface area contributed by atoms with Crippen LogP contribution in [-0.4, -0.2) is 11.9 Å². The van der Waals surface area contributed by atoms with Gasteiger partial charge in [-0.05, 0) is 24.3 Å². The van der Waals surface area contributed by atoms with Gasteiger partial charge in [0.15, 0.2) is 0 Å². The first-order valence-corrected chi connectivity index (χ1v) is 4.18. The molecule has 1 rings (SSSR count). The van der Waals surface area contributed by atoms with E-state index in [4.69, 9.17) is 11.2 Å². The van der Waals surface area contributed by atoms with E-state index in [1.165, 1.54) is 6.92 Å². The normalized spacial score (nSPS) is 8.80. The van der Waals surface area contributed by atoms with Crippen molar-refractivity contribution in [2.75, 3.05) is 5.32 Å². The molecule has 1 N–H and O–H groups in total. The Bertz CT molecular complexity index is 414. The molecule has 4 nitrogen and oxygen atoms in total. The van der Waals surface area contributed by atoms with Crippen LogP contribution in [0, 0.1) is 12.3 Å². The van der Waals surface area contributed by atoms with E-state index in [9.17, 15) is 9.59 Å². The maximum absolute atomic E-state index is 10.7. The largest absolute Gasteiger partial charge is 0.417 e. The molecule has 0 saturated carbocycles. The van der Waals surface area contributed by atoms with Gasteiger partial charge in [0.25, 0.3) is 0 Å². The van der Waals surface area contributed by atoms with E-state index >= 15 is 0 Å². The molecular formula is C11H9NO3. The maximum atomic E-state index is 10.7. The number of nitrogens with one attached hydrogen (secondary N) is 1. The molecule has 0 radical (unpaired) electrons. The van der Waals surface area contributed by atoms with Crippen molar-refractivity contribution in [1.82, 2.24) is 0 Å². The van der Waals surface area contributed by atoms with Crippen molar-refractivity contribution in [2.24, 2.45) is 0 Å². The summed E-state index contributed by atoms with van der Waals surface area (Å²) in [7, 11) is 0. The van der Waals surface area contributed by atoms with Gasteiger partial charge in [-0.2, -0.15) is 0 Å². The van der Waals surface area contributed by atoms with Gasteiger partial charge < -0.3 is 10.1 Å². The Balaban J connectivity index is 2.69. The smallest absolute Gasteiger partial charge is 0.389 e. The molecule has 0 aliphatic rings. The molecular weight excluding hydrogens is 194 g/mol. The van der Waals surface area contributed by atoms with Crippen LogP contribution in [0.4, 0.5) is 5.69 Å². The molecule has 0 fully saturated rings. The van der Waals surface area contributed by atoms with Crippen LogP contribution < -0.4 is 10.1 Å². The molecule has 4 heteroatoms. The topological polar surface area (TPSA) is 55.4 Å². The number of ether oxygens (including phenoxy) is 1. The van der Waals surface area contributed by atoms with Gasteiger partial charge in [0.2, 0.25) is 5.91 Å². The first kappa shape index (κ1) is 10.8. The van der Waals surface area contributed by atoms with Crippen LogP contribution in [0.25, 0.3) is 0 Å². The molecule has 1 aromatic carbocycles. The highest BCUT2D eigenvalue weighted by Crippen LogP contribution is 2.15. The fraction of sp³-hybridized carbons (Fsp3) is 0.0909. The van der Waals surface area contributed by atoms with Gasteiger partial charge in [-0.3, -0.25) is 4.79 Å². The Labute approximate surface area is 87.2 Å². The molecule has 0 atom stereocenters. The minimum atomic E-state index is -0.748. The number of anilines is 1. The monoisotopic (exact) mass is 203 g/mol. The molecule has 0 heterocycles. The van der Waals surface area contributed by atoms with E-state index in [0.717, 1.165) is 0 Å². The van der Waals surface area contributed by atoms with Crippen molar-refractivity contribution in [3.63, 3.8) is 0 Å². The van der Waals surface area contributed by atoms with Crippen LogP contribution >= 0.6 is 0 Å². The summed E-state index contributed by atoms with van der Waals surface area (Å²) in [6, 6.07) is 6.31. The van der Waals surface area contributed by atoms with Gasteiger partial charge in [0, 0.05) is 18.5 Å². The molecule has 1 aromatic rings. The molecule has 0 saturated heterocycles. The predicted octanol–water partition coefficient (Wildman–Crippen LogP) is 1.18. The summed E-state index contributed by atoms with van der Waals surface area (Å²) in [6.45, 7) is 1.41. The number of carbonyl (C=O) groups is 2. The summed E-state index contributed by atoms with van der Waals surface area (Å²) in [5.74, 6) is 1.26. The van der Waals surface area contributed by atoms with E-state index in [-0.39, 0.29) is 5.91 Å². The van der Waals surface area contributed by atoms with Gasteiger partial charge in [0.05, 0.1) is 0 Å². The Morgan fingerprint density at radius 3 is 2.40 bits per heavy atom. The third kappa shape index (κ3) is 3.53. The lowest BCUT2D eigenvalue weighted by molar-refractivity contribution is -0.128. The lowest BCUT2D eigenvalue weighted by atomic mass is 10.3. The zero-order chi connectivity index (χ0) is 11.3. The number of benzene rings is 1. The van der Waals surface area contributed by atoms with Gasteiger partial charge in [-0.15, -0.1) is 6.42 Å². The highest BCUT2D eigenvalue weighted by molar-refractivity contribution is 5.90. The van der Waals surface area contributed by atoms with Gasteiger partial charge >= 0.3 is 5.97 Å². The highest BCUT2D eigenvalue weighted by Gasteiger charge is 2.00. The number of carbonyl (C=O) groups excluding carboxylic acids is 2. The van der Waals surface area contributed by atoms with E-state index in [1.807, 2.05) is 5.92 Å². The van der Waals surface area contributed by atoms with Crippen LogP contribution in [0.15, 0.2) is 24.3 Å². The fourth-order valence-electron chi connectivity index (χ4n) is 0.946. The summed E-state index contributed by atoms with van der Waals surface area (Å²) in [6.07, 6.45) is 4.83.